The summed E-state index contributed by atoms with van der Waals surface area (Å²) in [5, 5.41) is 12.0. The molecule has 2 amide bonds. The van der Waals surface area contributed by atoms with Crippen LogP contribution >= 0.6 is 24.0 Å². The van der Waals surface area contributed by atoms with Crippen molar-refractivity contribution < 1.29 is 19.1 Å². The summed E-state index contributed by atoms with van der Waals surface area (Å²) in [5.74, 6) is -0.0613. The number of hydrogen-bond donors (Lipinski definition) is 2. The summed E-state index contributed by atoms with van der Waals surface area (Å²) in [6, 6.07) is 8.75. The molecule has 1 saturated heterocycles. The van der Waals surface area contributed by atoms with E-state index in [4.69, 9.17) is 16.6 Å². The maximum Gasteiger partial charge on any atom is 0.267 e. The third-order valence-corrected chi connectivity index (χ3v) is 4.87. The number of phenols is 1. The van der Waals surface area contributed by atoms with Gasteiger partial charge in [-0.3, -0.25) is 14.5 Å². The number of rotatable bonds is 4. The van der Waals surface area contributed by atoms with Crippen molar-refractivity contribution in [1.82, 2.24) is 4.90 Å². The van der Waals surface area contributed by atoms with Gasteiger partial charge >= 0.3 is 0 Å². The summed E-state index contributed by atoms with van der Waals surface area (Å²) in [6.07, 6.45) is 3.12. The van der Waals surface area contributed by atoms with Crippen LogP contribution in [0.25, 0.3) is 6.08 Å². The van der Waals surface area contributed by atoms with Crippen LogP contribution in [0.4, 0.5) is 5.69 Å². The molecule has 1 unspecified atom stereocenters. The molecule has 0 spiro atoms. The molecule has 0 radical (unpaired) electrons. The number of furan rings is 1. The highest BCUT2D eigenvalue weighted by atomic mass is 32.2. The van der Waals surface area contributed by atoms with Gasteiger partial charge < -0.3 is 14.8 Å². The number of nitrogens with zero attached hydrogens (tertiary/aromatic N) is 1. The van der Waals surface area contributed by atoms with Gasteiger partial charge in [0.25, 0.3) is 5.91 Å². The van der Waals surface area contributed by atoms with E-state index in [9.17, 15) is 14.7 Å². The van der Waals surface area contributed by atoms with E-state index >= 15 is 0 Å². The summed E-state index contributed by atoms with van der Waals surface area (Å²) < 4.78 is 5.52. The Morgan fingerprint density at radius 1 is 1.36 bits per heavy atom. The molecular weight excluding hydrogens is 360 g/mol. The maximum atomic E-state index is 12.6. The molecule has 6 nitrogen and oxygen atoms in total. The first-order valence-corrected chi connectivity index (χ1v) is 8.58. The van der Waals surface area contributed by atoms with Crippen LogP contribution in [0.2, 0.25) is 0 Å². The molecule has 128 valence electrons. The number of benzene rings is 1. The molecule has 1 fully saturated rings. The summed E-state index contributed by atoms with van der Waals surface area (Å²) in [4.78, 5) is 26.7. The maximum absolute atomic E-state index is 12.6. The Labute approximate surface area is 153 Å². The number of thioether (sulfide) groups is 1. The molecule has 1 aliphatic heterocycles. The van der Waals surface area contributed by atoms with Gasteiger partial charge in [0.1, 0.15) is 21.9 Å². The number of aromatic hydroxyl groups is 1. The fraction of sp³-hybridized carbons (Fsp3) is 0.118. The van der Waals surface area contributed by atoms with Gasteiger partial charge in [0.2, 0.25) is 5.91 Å². The number of amides is 2. The van der Waals surface area contributed by atoms with Crippen LogP contribution in [0, 0.1) is 0 Å². The zero-order valence-corrected chi connectivity index (χ0v) is 14.8. The highest BCUT2D eigenvalue weighted by molar-refractivity contribution is 8.26. The van der Waals surface area contributed by atoms with Crippen LogP contribution in [0.5, 0.6) is 5.75 Å². The van der Waals surface area contributed by atoms with Crippen molar-refractivity contribution in [1.29, 1.82) is 0 Å². The molecule has 2 heterocycles. The summed E-state index contributed by atoms with van der Waals surface area (Å²) in [5.41, 5.74) is 0.520. The van der Waals surface area contributed by atoms with Gasteiger partial charge in [0.15, 0.2) is 0 Å². The van der Waals surface area contributed by atoms with E-state index in [-0.39, 0.29) is 17.6 Å². The van der Waals surface area contributed by atoms with E-state index in [0.29, 0.717) is 20.7 Å². The lowest BCUT2D eigenvalue weighted by Gasteiger charge is -2.22. The molecule has 0 bridgehead atoms. The lowest BCUT2D eigenvalue weighted by atomic mass is 10.2. The van der Waals surface area contributed by atoms with Gasteiger partial charge in [-0.05, 0) is 43.3 Å². The Hall–Kier alpha value is -2.58. The standard InChI is InChI=1S/C17H14N2O4S2/c1-10(15(21)18-11-4-6-12(20)7-5-11)19-16(22)14(25-17(19)24)9-13-3-2-8-23-13/h2-10,20H,1H3,(H,18,21)/b14-9-. The molecule has 1 aliphatic rings. The normalized spacial score (nSPS) is 17.2. The van der Waals surface area contributed by atoms with Gasteiger partial charge in [0.05, 0.1) is 11.2 Å². The number of anilines is 1. The van der Waals surface area contributed by atoms with Crippen molar-refractivity contribution >= 4 is 51.9 Å². The number of hydrogen-bond acceptors (Lipinski definition) is 6. The fourth-order valence-electron chi connectivity index (χ4n) is 2.23. The zero-order valence-electron chi connectivity index (χ0n) is 13.1. The molecule has 0 saturated carbocycles. The van der Waals surface area contributed by atoms with Crippen molar-refractivity contribution in [2.75, 3.05) is 5.32 Å². The Kier molecular flexibility index (Phi) is 4.91. The number of nitrogens with one attached hydrogen (secondary N) is 1. The minimum atomic E-state index is -0.774. The van der Waals surface area contributed by atoms with Crippen LogP contribution < -0.4 is 5.32 Å². The van der Waals surface area contributed by atoms with Crippen LogP contribution in [-0.2, 0) is 9.59 Å². The highest BCUT2D eigenvalue weighted by Gasteiger charge is 2.38. The topological polar surface area (TPSA) is 82.8 Å². The van der Waals surface area contributed by atoms with Crippen molar-refractivity contribution in [2.45, 2.75) is 13.0 Å². The van der Waals surface area contributed by atoms with Crippen molar-refractivity contribution in [3.05, 3.63) is 53.3 Å². The Bertz CT molecular complexity index is 844. The van der Waals surface area contributed by atoms with Gasteiger partial charge in [-0.15, -0.1) is 0 Å². The van der Waals surface area contributed by atoms with E-state index in [2.05, 4.69) is 5.32 Å². The minimum absolute atomic E-state index is 0.103. The number of phenolic OH excluding ortho intramolecular Hbond substituents is 1. The molecule has 2 aromatic rings. The molecule has 2 N–H and O–H groups in total. The largest absolute Gasteiger partial charge is 0.508 e. The SMILES string of the molecule is CC(C(=O)Nc1ccc(O)cc1)N1C(=O)/C(=C/c2ccco2)SC1=S. The van der Waals surface area contributed by atoms with Gasteiger partial charge in [-0.2, -0.15) is 0 Å². The summed E-state index contributed by atoms with van der Waals surface area (Å²) in [7, 11) is 0. The molecule has 1 atom stereocenters. The lowest BCUT2D eigenvalue weighted by molar-refractivity contribution is -0.129. The van der Waals surface area contributed by atoms with Crippen molar-refractivity contribution in [3.8, 4) is 5.75 Å². The van der Waals surface area contributed by atoms with Crippen LogP contribution in [0.15, 0.2) is 52.0 Å². The first kappa shape index (κ1) is 17.2. The Balaban J connectivity index is 1.73. The average Bonchev–Trinajstić information content (AvgIpc) is 3.18. The zero-order chi connectivity index (χ0) is 18.0. The van der Waals surface area contributed by atoms with Crippen molar-refractivity contribution in [3.63, 3.8) is 0 Å². The third-order valence-electron chi connectivity index (χ3n) is 3.54. The second kappa shape index (κ2) is 7.12. The Morgan fingerprint density at radius 3 is 2.72 bits per heavy atom. The van der Waals surface area contributed by atoms with Crippen LogP contribution in [0.3, 0.4) is 0 Å². The van der Waals surface area contributed by atoms with E-state index < -0.39 is 6.04 Å². The fourth-order valence-corrected chi connectivity index (χ4v) is 3.62. The van der Waals surface area contributed by atoms with E-state index in [0.717, 1.165) is 11.8 Å². The quantitative estimate of drug-likeness (QED) is 0.486. The third kappa shape index (κ3) is 3.75. The monoisotopic (exact) mass is 374 g/mol. The second-order valence-corrected chi connectivity index (χ2v) is 6.95. The Morgan fingerprint density at radius 2 is 2.08 bits per heavy atom. The lowest BCUT2D eigenvalue weighted by Crippen LogP contribution is -2.44. The van der Waals surface area contributed by atoms with Gasteiger partial charge in [0, 0.05) is 11.8 Å². The second-order valence-electron chi connectivity index (χ2n) is 5.28. The van der Waals surface area contributed by atoms with Crippen molar-refractivity contribution in [2.24, 2.45) is 0 Å². The number of carbonyl (C=O) groups is 2. The van der Waals surface area contributed by atoms with E-state index in [1.165, 1.54) is 23.3 Å². The molecular formula is C17H14N2O4S2. The molecule has 1 aromatic carbocycles. The molecule has 1 aromatic heterocycles. The molecule has 0 aliphatic carbocycles. The average molecular weight is 374 g/mol. The van der Waals surface area contributed by atoms with Gasteiger partial charge in [-0.25, -0.2) is 0 Å². The molecule has 8 heteroatoms. The summed E-state index contributed by atoms with van der Waals surface area (Å²) >= 11 is 6.38. The smallest absolute Gasteiger partial charge is 0.267 e. The summed E-state index contributed by atoms with van der Waals surface area (Å²) in [6.45, 7) is 1.61. The van der Waals surface area contributed by atoms with Gasteiger partial charge in [-0.1, -0.05) is 24.0 Å². The van der Waals surface area contributed by atoms with E-state index in [1.54, 1.807) is 37.3 Å². The molecule has 25 heavy (non-hydrogen) atoms. The predicted molar refractivity (Wildman–Crippen MR) is 99.9 cm³/mol. The predicted octanol–water partition coefficient (Wildman–Crippen LogP) is 3.21. The number of thiocarbonyl (C=S) groups is 1. The minimum Gasteiger partial charge on any atom is -0.508 e. The van der Waals surface area contributed by atoms with Crippen LogP contribution in [0.1, 0.15) is 12.7 Å². The number of carbonyl (C=O) groups excluding carboxylic acids is 2. The highest BCUT2D eigenvalue weighted by Crippen LogP contribution is 2.34. The van der Waals surface area contributed by atoms with E-state index in [1.807, 2.05) is 0 Å². The van der Waals surface area contributed by atoms with Crippen LogP contribution in [-0.4, -0.2) is 32.2 Å². The molecule has 3 rings (SSSR count). The first-order valence-electron chi connectivity index (χ1n) is 7.36. The first-order chi connectivity index (χ1) is 12.0.